The van der Waals surface area contributed by atoms with Gasteiger partial charge in [-0.1, -0.05) is 61.4 Å². The molecule has 0 saturated heterocycles. The molecule has 1 N–H and O–H groups in total. The van der Waals surface area contributed by atoms with Gasteiger partial charge in [0.1, 0.15) is 0 Å². The molecular formula is C24H26N2O3. The van der Waals surface area contributed by atoms with E-state index in [1.165, 1.54) is 0 Å². The molecule has 150 valence electrons. The van der Waals surface area contributed by atoms with Crippen LogP contribution >= 0.6 is 0 Å². The van der Waals surface area contributed by atoms with E-state index in [1.807, 2.05) is 62.4 Å². The van der Waals surface area contributed by atoms with Crippen LogP contribution in [0.5, 0.6) is 0 Å². The van der Waals surface area contributed by atoms with Crippen LogP contribution in [-0.4, -0.2) is 29.5 Å². The number of benzene rings is 2. The van der Waals surface area contributed by atoms with Crippen molar-refractivity contribution < 1.29 is 14.3 Å². The fourth-order valence-corrected chi connectivity index (χ4v) is 3.25. The molecule has 0 bridgehead atoms. The van der Waals surface area contributed by atoms with Crippen molar-refractivity contribution in [1.29, 1.82) is 0 Å². The van der Waals surface area contributed by atoms with Crippen molar-refractivity contribution >= 4 is 22.8 Å². The minimum Gasteiger partial charge on any atom is -0.452 e. The first kappa shape index (κ1) is 20.5. The Morgan fingerprint density at radius 3 is 2.55 bits per heavy atom. The highest BCUT2D eigenvalue weighted by Crippen LogP contribution is 2.25. The van der Waals surface area contributed by atoms with E-state index in [2.05, 4.69) is 17.2 Å². The number of para-hydroxylation sites is 1. The Bertz CT molecular complexity index is 1010. The van der Waals surface area contributed by atoms with Crippen molar-refractivity contribution in [2.24, 2.45) is 0 Å². The normalized spacial score (nSPS) is 11.8. The molecule has 0 radical (unpaired) electrons. The summed E-state index contributed by atoms with van der Waals surface area (Å²) >= 11 is 0. The Balaban J connectivity index is 1.84. The van der Waals surface area contributed by atoms with Crippen molar-refractivity contribution in [3.05, 3.63) is 65.7 Å². The van der Waals surface area contributed by atoms with Gasteiger partial charge in [-0.15, -0.1) is 0 Å². The maximum Gasteiger partial charge on any atom is 0.339 e. The van der Waals surface area contributed by atoms with Crippen LogP contribution in [0, 0.1) is 6.92 Å². The van der Waals surface area contributed by atoms with E-state index in [9.17, 15) is 9.59 Å². The molecule has 0 unspecified atom stereocenters. The summed E-state index contributed by atoms with van der Waals surface area (Å²) in [4.78, 5) is 29.5. The van der Waals surface area contributed by atoms with Gasteiger partial charge in [0.25, 0.3) is 5.91 Å². The maximum atomic E-state index is 12.8. The molecule has 5 heteroatoms. The van der Waals surface area contributed by atoms with Gasteiger partial charge >= 0.3 is 5.97 Å². The lowest BCUT2D eigenvalue weighted by molar-refractivity contribution is -0.124. The van der Waals surface area contributed by atoms with E-state index in [1.54, 1.807) is 6.07 Å². The van der Waals surface area contributed by atoms with Crippen molar-refractivity contribution in [2.45, 2.75) is 39.7 Å². The Hall–Kier alpha value is -3.21. The third-order valence-electron chi connectivity index (χ3n) is 4.75. The number of hydrogen-bond acceptors (Lipinski definition) is 4. The van der Waals surface area contributed by atoms with E-state index >= 15 is 0 Å². The number of nitrogens with zero attached hydrogens (tertiary/aromatic N) is 1. The van der Waals surface area contributed by atoms with Crippen LogP contribution in [0.15, 0.2) is 54.6 Å². The van der Waals surface area contributed by atoms with E-state index in [4.69, 9.17) is 4.74 Å². The zero-order chi connectivity index (χ0) is 20.8. The smallest absolute Gasteiger partial charge is 0.339 e. The molecule has 5 nitrogen and oxygen atoms in total. The standard InChI is InChI=1S/C24H26N2O3/c1-4-7-17(3)25-23(27)15-29-24(28)20-14-22(18-12-10-16(2)11-13-18)26-21-9-6-5-8-19(20)21/h5-6,8-14,17H,4,7,15H2,1-3H3,(H,25,27)/t17-/m1/s1. The van der Waals surface area contributed by atoms with Crippen molar-refractivity contribution in [3.8, 4) is 11.3 Å². The Labute approximate surface area is 171 Å². The summed E-state index contributed by atoms with van der Waals surface area (Å²) in [6.45, 7) is 5.71. The fraction of sp³-hybridized carbons (Fsp3) is 0.292. The minimum absolute atomic E-state index is 0.0566. The van der Waals surface area contributed by atoms with Gasteiger partial charge in [-0.2, -0.15) is 0 Å². The van der Waals surface area contributed by atoms with Crippen LogP contribution in [0.2, 0.25) is 0 Å². The number of rotatable bonds is 7. The second-order valence-electron chi connectivity index (χ2n) is 7.27. The van der Waals surface area contributed by atoms with E-state index < -0.39 is 5.97 Å². The van der Waals surface area contributed by atoms with E-state index in [-0.39, 0.29) is 18.6 Å². The van der Waals surface area contributed by atoms with Gasteiger partial charge in [-0.3, -0.25) is 4.79 Å². The van der Waals surface area contributed by atoms with Gasteiger partial charge in [0, 0.05) is 17.0 Å². The Morgan fingerprint density at radius 2 is 1.83 bits per heavy atom. The summed E-state index contributed by atoms with van der Waals surface area (Å²) in [5.74, 6) is -0.827. The summed E-state index contributed by atoms with van der Waals surface area (Å²) in [5.41, 5.74) is 3.87. The second-order valence-corrected chi connectivity index (χ2v) is 7.27. The highest BCUT2D eigenvalue weighted by Gasteiger charge is 2.17. The van der Waals surface area contributed by atoms with Crippen LogP contribution in [0.4, 0.5) is 0 Å². The molecule has 1 amide bonds. The number of hydrogen-bond donors (Lipinski definition) is 1. The minimum atomic E-state index is -0.532. The van der Waals surface area contributed by atoms with Gasteiger partial charge in [0.2, 0.25) is 0 Å². The lowest BCUT2D eigenvalue weighted by Gasteiger charge is -2.13. The van der Waals surface area contributed by atoms with Gasteiger partial charge < -0.3 is 10.1 Å². The third kappa shape index (κ3) is 5.19. The first-order chi connectivity index (χ1) is 14.0. The first-order valence-corrected chi connectivity index (χ1v) is 9.91. The fourth-order valence-electron chi connectivity index (χ4n) is 3.25. The predicted molar refractivity (Wildman–Crippen MR) is 115 cm³/mol. The quantitative estimate of drug-likeness (QED) is 0.595. The van der Waals surface area contributed by atoms with Gasteiger partial charge in [0.15, 0.2) is 6.61 Å². The molecule has 0 saturated carbocycles. The number of aromatic nitrogens is 1. The number of pyridine rings is 1. The lowest BCUT2D eigenvalue weighted by Crippen LogP contribution is -2.35. The number of carbonyl (C=O) groups is 2. The molecule has 0 aliphatic rings. The molecule has 29 heavy (non-hydrogen) atoms. The molecule has 0 spiro atoms. The van der Waals surface area contributed by atoms with Crippen LogP contribution in [0.25, 0.3) is 22.2 Å². The number of esters is 1. The molecule has 0 aliphatic heterocycles. The van der Waals surface area contributed by atoms with Crippen molar-refractivity contribution in [1.82, 2.24) is 10.3 Å². The van der Waals surface area contributed by atoms with Crippen LogP contribution < -0.4 is 5.32 Å². The van der Waals surface area contributed by atoms with E-state index in [0.717, 1.165) is 24.0 Å². The van der Waals surface area contributed by atoms with Crippen LogP contribution in [-0.2, 0) is 9.53 Å². The maximum absolute atomic E-state index is 12.8. The second kappa shape index (κ2) is 9.32. The topological polar surface area (TPSA) is 68.3 Å². The zero-order valence-electron chi connectivity index (χ0n) is 17.1. The average Bonchev–Trinajstić information content (AvgIpc) is 2.72. The van der Waals surface area contributed by atoms with Gasteiger partial charge in [-0.05, 0) is 32.4 Å². The molecule has 1 aromatic heterocycles. The molecular weight excluding hydrogens is 364 g/mol. The summed E-state index contributed by atoms with van der Waals surface area (Å²) in [6, 6.07) is 17.2. The highest BCUT2D eigenvalue weighted by atomic mass is 16.5. The Kier molecular flexibility index (Phi) is 6.60. The summed E-state index contributed by atoms with van der Waals surface area (Å²) < 4.78 is 5.31. The molecule has 3 aromatic rings. The highest BCUT2D eigenvalue weighted by molar-refractivity contribution is 6.05. The molecule has 2 aromatic carbocycles. The first-order valence-electron chi connectivity index (χ1n) is 9.91. The number of nitrogens with one attached hydrogen (secondary N) is 1. The monoisotopic (exact) mass is 390 g/mol. The van der Waals surface area contributed by atoms with Crippen LogP contribution in [0.1, 0.15) is 42.6 Å². The summed E-state index contributed by atoms with van der Waals surface area (Å²) in [5, 5.41) is 3.54. The number of aryl methyl sites for hydroxylation is 1. The van der Waals surface area contributed by atoms with Gasteiger partial charge in [-0.25, -0.2) is 9.78 Å². The summed E-state index contributed by atoms with van der Waals surface area (Å²) in [7, 11) is 0. The molecule has 0 fully saturated rings. The van der Waals surface area contributed by atoms with E-state index in [0.29, 0.717) is 22.2 Å². The number of fused-ring (bicyclic) bond motifs is 1. The predicted octanol–water partition coefficient (Wildman–Crippen LogP) is 4.67. The van der Waals surface area contributed by atoms with Crippen LogP contribution in [0.3, 0.4) is 0 Å². The lowest BCUT2D eigenvalue weighted by atomic mass is 10.0. The van der Waals surface area contributed by atoms with Gasteiger partial charge in [0.05, 0.1) is 16.8 Å². The number of carbonyl (C=O) groups excluding carboxylic acids is 2. The van der Waals surface area contributed by atoms with Crippen molar-refractivity contribution in [3.63, 3.8) is 0 Å². The number of amides is 1. The summed E-state index contributed by atoms with van der Waals surface area (Å²) in [6.07, 6.45) is 1.86. The molecule has 1 heterocycles. The SMILES string of the molecule is CCC[C@@H](C)NC(=O)COC(=O)c1cc(-c2ccc(C)cc2)nc2ccccc12. The third-order valence-corrected chi connectivity index (χ3v) is 4.75. The number of ether oxygens (including phenoxy) is 1. The zero-order valence-corrected chi connectivity index (χ0v) is 17.1. The molecule has 3 rings (SSSR count). The largest absolute Gasteiger partial charge is 0.452 e. The average molecular weight is 390 g/mol. The Morgan fingerprint density at radius 1 is 1.10 bits per heavy atom. The molecule has 1 atom stereocenters. The molecule has 0 aliphatic carbocycles. The van der Waals surface area contributed by atoms with Crippen molar-refractivity contribution in [2.75, 3.05) is 6.61 Å².